The van der Waals surface area contributed by atoms with E-state index in [4.69, 9.17) is 17.0 Å². The fourth-order valence-electron chi connectivity index (χ4n) is 6.99. The average Bonchev–Trinajstić information content (AvgIpc) is 3.54. The van der Waals surface area contributed by atoms with Crippen molar-refractivity contribution in [1.82, 2.24) is 0 Å². The molecule has 0 saturated heterocycles. The molecule has 0 nitrogen and oxygen atoms in total. The van der Waals surface area contributed by atoms with Crippen molar-refractivity contribution in [3.05, 3.63) is 106 Å². The zero-order valence-electron chi connectivity index (χ0n) is 24.2. The van der Waals surface area contributed by atoms with Crippen molar-refractivity contribution in [1.29, 1.82) is 0 Å². The van der Waals surface area contributed by atoms with E-state index in [1.807, 2.05) is 0 Å². The average molecular weight is 654 g/mol. The zero-order chi connectivity index (χ0) is 27.8. The Morgan fingerprint density at radius 1 is 0.846 bits per heavy atom. The third-order valence-corrected chi connectivity index (χ3v) is 61.4. The molecule has 39 heavy (non-hydrogen) atoms. The molecule has 2 unspecified atom stereocenters. The van der Waals surface area contributed by atoms with Gasteiger partial charge in [-0.3, -0.25) is 0 Å². The van der Waals surface area contributed by atoms with Gasteiger partial charge in [-0.2, -0.15) is 0 Å². The molecule has 0 amide bonds. The van der Waals surface area contributed by atoms with Crippen molar-refractivity contribution in [2.24, 2.45) is 0 Å². The Morgan fingerprint density at radius 3 is 2.26 bits per heavy atom. The Kier molecular flexibility index (Phi) is 8.72. The fraction of sp³-hybridized carbons (Fsp3) is 0.371. The maximum absolute atomic E-state index is 8.33. The number of unbranched alkanes of at least 4 members (excludes halogenated alkanes) is 3. The molecule has 0 bridgehead atoms. The summed E-state index contributed by atoms with van der Waals surface area (Å²) in [4.78, 5) is 0. The number of hydrogen-bond donors (Lipinski definition) is 0. The molecular weight excluding hydrogens is 611 g/mol. The first kappa shape index (κ1) is 29.3. The minimum absolute atomic E-state index is 0.168. The summed E-state index contributed by atoms with van der Waals surface area (Å²) in [5, 5.41) is 0. The zero-order valence-corrected chi connectivity index (χ0v) is 29.3. The van der Waals surface area contributed by atoms with Crippen molar-refractivity contribution < 1.29 is 15.6 Å². The quantitative estimate of drug-likeness (QED) is 0.151. The molecule has 2 atom stereocenters. The third kappa shape index (κ3) is 5.18. The van der Waals surface area contributed by atoms with E-state index in [1.54, 1.807) is 0 Å². The minimum atomic E-state index is -4.54. The van der Waals surface area contributed by atoms with Crippen molar-refractivity contribution >= 4 is 35.1 Å². The van der Waals surface area contributed by atoms with Crippen LogP contribution in [0.15, 0.2) is 78.4 Å². The molecule has 2 aliphatic rings. The van der Waals surface area contributed by atoms with Gasteiger partial charge in [0.15, 0.2) is 0 Å². The van der Waals surface area contributed by atoms with Crippen LogP contribution in [-0.4, -0.2) is 5.92 Å². The van der Waals surface area contributed by atoms with Gasteiger partial charge >= 0.3 is 247 Å². The van der Waals surface area contributed by atoms with Gasteiger partial charge in [0.05, 0.1) is 0 Å². The van der Waals surface area contributed by atoms with E-state index in [0.717, 1.165) is 6.42 Å². The summed E-state index contributed by atoms with van der Waals surface area (Å²) in [6.45, 7) is 11.7. The van der Waals surface area contributed by atoms with Crippen LogP contribution in [-0.2, 0) is 15.6 Å². The molecule has 0 N–H and O–H groups in total. The predicted octanol–water partition coefficient (Wildman–Crippen LogP) is 11.6. The van der Waals surface area contributed by atoms with Crippen LogP contribution in [0.25, 0.3) is 23.3 Å². The Morgan fingerprint density at radius 2 is 1.56 bits per heavy atom. The Bertz CT molecular complexity index is 1400. The number of fused-ring (bicyclic) bond motifs is 2. The Balaban J connectivity index is 1.66. The first-order chi connectivity index (χ1) is 18.7. The molecule has 205 valence electrons. The summed E-state index contributed by atoms with van der Waals surface area (Å²) >= 11 is -4.54. The molecule has 3 aromatic carbocycles. The van der Waals surface area contributed by atoms with Gasteiger partial charge in [-0.05, 0) is 0 Å². The van der Waals surface area contributed by atoms with Crippen LogP contribution in [0.2, 0.25) is 13.1 Å². The van der Waals surface area contributed by atoms with Gasteiger partial charge in [0.25, 0.3) is 0 Å². The molecular formula is C35H43Cl2SiZr. The van der Waals surface area contributed by atoms with Gasteiger partial charge in [0, 0.05) is 0 Å². The van der Waals surface area contributed by atoms with Crippen molar-refractivity contribution in [2.45, 2.75) is 79.1 Å². The van der Waals surface area contributed by atoms with Crippen LogP contribution in [0.5, 0.6) is 0 Å². The number of halogens is 2. The molecule has 0 aromatic heterocycles. The molecule has 5 rings (SSSR count). The van der Waals surface area contributed by atoms with Crippen LogP contribution in [0.4, 0.5) is 0 Å². The van der Waals surface area contributed by atoms with Crippen LogP contribution in [0.3, 0.4) is 0 Å². The van der Waals surface area contributed by atoms with Gasteiger partial charge in [-0.15, -0.1) is 0 Å². The second kappa shape index (κ2) is 11.6. The molecule has 0 heterocycles. The maximum atomic E-state index is 8.33. The molecule has 0 saturated carbocycles. The predicted molar refractivity (Wildman–Crippen MR) is 174 cm³/mol. The standard InChI is InChI=1S/C24H29.C9H7.C2H7Si.2ClH.Zr/c1-4-5-6-7-9-19-16-22-10-8-11-23(24(22)17-19)21-14-12-20(13-15-21)18(2)3;1-2-5-9-7-3-6-8(9)4-1;1-3-2;;;/h8,10-18H,4-7,9H2,1-3H3;1-7H;3H,1-2H3;2*1H;/q;;;;;+2/p-2. The van der Waals surface area contributed by atoms with E-state index in [9.17, 15) is 0 Å². The molecule has 4 heteroatoms. The van der Waals surface area contributed by atoms with E-state index in [0.29, 0.717) is 5.92 Å². The number of benzene rings is 3. The molecule has 0 aliphatic heterocycles. The molecule has 0 fully saturated rings. The summed E-state index contributed by atoms with van der Waals surface area (Å²) in [6, 6.07) is 24.9. The summed E-state index contributed by atoms with van der Waals surface area (Å²) < 4.78 is 0.343. The first-order valence-corrected chi connectivity index (χ1v) is 31.3. The summed E-state index contributed by atoms with van der Waals surface area (Å²) in [5.74, 6) is -0.957. The van der Waals surface area contributed by atoms with Gasteiger partial charge in [0.1, 0.15) is 0 Å². The van der Waals surface area contributed by atoms with E-state index >= 15 is 0 Å². The van der Waals surface area contributed by atoms with Crippen molar-refractivity contribution in [3.63, 3.8) is 0 Å². The Hall–Kier alpha value is -1.18. The first-order valence-electron chi connectivity index (χ1n) is 14.9. The third-order valence-electron chi connectivity index (χ3n) is 9.41. The van der Waals surface area contributed by atoms with Gasteiger partial charge < -0.3 is 0 Å². The van der Waals surface area contributed by atoms with E-state index in [-0.39, 0.29) is 7.25 Å². The summed E-state index contributed by atoms with van der Waals surface area (Å²) in [5.41, 5.74) is 10.9. The fourth-order valence-corrected chi connectivity index (χ4v) is 36.4. The number of rotatable bonds is 10. The van der Waals surface area contributed by atoms with Crippen LogP contribution < -0.4 is 0 Å². The second-order valence-electron chi connectivity index (χ2n) is 12.4. The molecule has 0 radical (unpaired) electrons. The second-order valence-corrected chi connectivity index (χ2v) is 55.0. The van der Waals surface area contributed by atoms with Gasteiger partial charge in [-0.25, -0.2) is 0 Å². The molecule has 0 spiro atoms. The van der Waals surface area contributed by atoms with E-state index in [1.165, 1.54) is 70.2 Å². The normalized spacial score (nSPS) is 19.2. The topological polar surface area (TPSA) is 0 Å². The van der Waals surface area contributed by atoms with Crippen LogP contribution in [0, 0.1) is 0 Å². The number of hydrogen-bond acceptors (Lipinski definition) is 0. The van der Waals surface area contributed by atoms with Crippen LogP contribution in [0.1, 0.15) is 93.9 Å². The summed E-state index contributed by atoms with van der Waals surface area (Å²) in [7, 11) is 16.7. The van der Waals surface area contributed by atoms with Crippen LogP contribution >= 0.6 is 17.0 Å². The number of allylic oxidation sites excluding steroid dienone is 2. The Labute approximate surface area is 245 Å². The molecule has 2 aliphatic carbocycles. The van der Waals surface area contributed by atoms with E-state index in [2.05, 4.69) is 119 Å². The van der Waals surface area contributed by atoms with E-state index < -0.39 is 21.5 Å². The van der Waals surface area contributed by atoms with Crippen molar-refractivity contribution in [3.8, 4) is 11.1 Å². The van der Waals surface area contributed by atoms with Crippen molar-refractivity contribution in [2.75, 3.05) is 0 Å². The SMILES string of the molecule is CCCCCCC1=Cc2c(-c3ccc(C(C)C)cc3)cccc2[CH]1[Zr]([Cl])([Cl])([CH]1C=Cc2ccccc21)[SiH](C)C. The monoisotopic (exact) mass is 651 g/mol. The summed E-state index contributed by atoms with van der Waals surface area (Å²) in [6.07, 6.45) is 13.3. The van der Waals surface area contributed by atoms with Gasteiger partial charge in [0.2, 0.25) is 0 Å². The van der Waals surface area contributed by atoms with Gasteiger partial charge in [-0.1, -0.05) is 0 Å². The molecule has 3 aromatic rings.